The molecule has 0 radical (unpaired) electrons. The highest BCUT2D eigenvalue weighted by Gasteiger charge is 2.21. The van der Waals surface area contributed by atoms with Crippen LogP contribution in [0.4, 0.5) is 14.5 Å². The van der Waals surface area contributed by atoms with Gasteiger partial charge in [0.2, 0.25) is 0 Å². The quantitative estimate of drug-likeness (QED) is 0.518. The lowest BCUT2D eigenvalue weighted by atomic mass is 10.0. The molecular weight excluding hydrogens is 303 g/mol. The SMILES string of the molecule is CC(=O)c1c(N)ccc(I)c1C(F)F. The number of alkyl halides is 2. The molecule has 0 atom stereocenters. The number of ketones is 1. The molecule has 0 spiro atoms. The molecule has 0 saturated carbocycles. The van der Waals surface area contributed by atoms with Crippen molar-refractivity contribution in [2.24, 2.45) is 0 Å². The van der Waals surface area contributed by atoms with Crippen LogP contribution in [-0.4, -0.2) is 5.78 Å². The zero-order valence-corrected chi connectivity index (χ0v) is 9.51. The van der Waals surface area contributed by atoms with Gasteiger partial charge in [0, 0.05) is 14.8 Å². The summed E-state index contributed by atoms with van der Waals surface area (Å²) in [6, 6.07) is 2.94. The van der Waals surface area contributed by atoms with E-state index < -0.39 is 12.2 Å². The Morgan fingerprint density at radius 3 is 2.43 bits per heavy atom. The first kappa shape index (κ1) is 11.4. The van der Waals surface area contributed by atoms with E-state index in [-0.39, 0.29) is 16.8 Å². The van der Waals surface area contributed by atoms with Crippen molar-refractivity contribution >= 4 is 34.1 Å². The summed E-state index contributed by atoms with van der Waals surface area (Å²) in [4.78, 5) is 11.1. The van der Waals surface area contributed by atoms with Crippen molar-refractivity contribution in [1.82, 2.24) is 0 Å². The third-order valence-electron chi connectivity index (χ3n) is 1.79. The highest BCUT2D eigenvalue weighted by Crippen LogP contribution is 2.31. The average molecular weight is 311 g/mol. The molecule has 0 aromatic heterocycles. The molecule has 0 aliphatic carbocycles. The van der Waals surface area contributed by atoms with Crippen LogP contribution < -0.4 is 5.73 Å². The van der Waals surface area contributed by atoms with Gasteiger partial charge in [-0.05, 0) is 41.6 Å². The van der Waals surface area contributed by atoms with E-state index in [1.807, 2.05) is 0 Å². The molecular formula is C9H8F2INO. The fraction of sp³-hybridized carbons (Fsp3) is 0.222. The Kier molecular flexibility index (Phi) is 3.41. The van der Waals surface area contributed by atoms with Crippen LogP contribution in [0, 0.1) is 3.57 Å². The molecule has 14 heavy (non-hydrogen) atoms. The number of halogens is 3. The molecule has 0 unspecified atom stereocenters. The standard InChI is InChI=1S/C9H8F2INO/c1-4(14)7-6(13)3-2-5(12)8(7)9(10)11/h2-3,9H,13H2,1H3. The topological polar surface area (TPSA) is 43.1 Å². The van der Waals surface area contributed by atoms with E-state index in [1.54, 1.807) is 22.6 Å². The Labute approximate surface area is 93.6 Å². The van der Waals surface area contributed by atoms with Gasteiger partial charge in [0.25, 0.3) is 6.43 Å². The number of hydrogen-bond acceptors (Lipinski definition) is 2. The monoisotopic (exact) mass is 311 g/mol. The van der Waals surface area contributed by atoms with Crippen molar-refractivity contribution in [3.8, 4) is 0 Å². The van der Waals surface area contributed by atoms with E-state index in [1.165, 1.54) is 19.1 Å². The second-order valence-corrected chi connectivity index (χ2v) is 3.94. The zero-order valence-electron chi connectivity index (χ0n) is 7.35. The van der Waals surface area contributed by atoms with Gasteiger partial charge in [-0.1, -0.05) is 0 Å². The van der Waals surface area contributed by atoms with Gasteiger partial charge in [0.1, 0.15) is 0 Å². The molecule has 76 valence electrons. The van der Waals surface area contributed by atoms with Gasteiger partial charge in [-0.15, -0.1) is 0 Å². The van der Waals surface area contributed by atoms with Gasteiger partial charge in [-0.3, -0.25) is 4.79 Å². The maximum Gasteiger partial charge on any atom is 0.265 e. The predicted molar refractivity (Wildman–Crippen MR) is 58.5 cm³/mol. The van der Waals surface area contributed by atoms with Crippen LogP contribution in [-0.2, 0) is 0 Å². The summed E-state index contributed by atoms with van der Waals surface area (Å²) in [6.07, 6.45) is -2.68. The van der Waals surface area contributed by atoms with E-state index in [0.29, 0.717) is 3.57 Å². The van der Waals surface area contributed by atoms with Gasteiger partial charge in [0.05, 0.1) is 5.56 Å². The van der Waals surface area contributed by atoms with E-state index in [4.69, 9.17) is 5.73 Å². The number of rotatable bonds is 2. The molecule has 2 N–H and O–H groups in total. The predicted octanol–water partition coefficient (Wildman–Crippen LogP) is 3.01. The minimum absolute atomic E-state index is 0.0631. The molecule has 0 bridgehead atoms. The van der Waals surface area contributed by atoms with Crippen LogP contribution >= 0.6 is 22.6 Å². The van der Waals surface area contributed by atoms with Crippen LogP contribution in [0.1, 0.15) is 29.3 Å². The molecule has 5 heteroatoms. The summed E-state index contributed by atoms with van der Waals surface area (Å²) in [5.74, 6) is -0.434. The van der Waals surface area contributed by atoms with Crippen LogP contribution in [0.2, 0.25) is 0 Å². The summed E-state index contributed by atoms with van der Waals surface area (Å²) in [6.45, 7) is 1.23. The summed E-state index contributed by atoms with van der Waals surface area (Å²) in [5, 5.41) is 0. The largest absolute Gasteiger partial charge is 0.398 e. The summed E-state index contributed by atoms with van der Waals surface area (Å²) < 4.78 is 25.6. The normalized spacial score (nSPS) is 10.6. The average Bonchev–Trinajstić information content (AvgIpc) is 2.07. The second-order valence-electron chi connectivity index (χ2n) is 2.78. The van der Waals surface area contributed by atoms with Gasteiger partial charge < -0.3 is 5.73 Å². The smallest absolute Gasteiger partial charge is 0.265 e. The summed E-state index contributed by atoms with van der Waals surface area (Å²) >= 11 is 1.76. The lowest BCUT2D eigenvalue weighted by molar-refractivity contribution is 0.0999. The van der Waals surface area contributed by atoms with E-state index in [0.717, 1.165) is 0 Å². The Morgan fingerprint density at radius 1 is 1.50 bits per heavy atom. The van der Waals surface area contributed by atoms with Crippen LogP contribution in [0.15, 0.2) is 12.1 Å². The molecule has 2 nitrogen and oxygen atoms in total. The first-order chi connectivity index (χ1) is 6.45. The highest BCUT2D eigenvalue weighted by molar-refractivity contribution is 14.1. The fourth-order valence-electron chi connectivity index (χ4n) is 1.22. The molecule has 0 amide bonds. The number of carbonyl (C=O) groups is 1. The van der Waals surface area contributed by atoms with Crippen molar-refractivity contribution in [2.45, 2.75) is 13.3 Å². The van der Waals surface area contributed by atoms with E-state index in [9.17, 15) is 13.6 Å². The fourth-order valence-corrected chi connectivity index (χ4v) is 1.90. The third-order valence-corrected chi connectivity index (χ3v) is 2.74. The van der Waals surface area contributed by atoms with Gasteiger partial charge in [-0.2, -0.15) is 0 Å². The molecule has 0 aliphatic rings. The van der Waals surface area contributed by atoms with Gasteiger partial charge in [0.15, 0.2) is 5.78 Å². The van der Waals surface area contributed by atoms with Crippen molar-refractivity contribution in [3.63, 3.8) is 0 Å². The minimum Gasteiger partial charge on any atom is -0.398 e. The highest BCUT2D eigenvalue weighted by atomic mass is 127. The molecule has 1 aromatic carbocycles. The maximum atomic E-state index is 12.6. The first-order valence-corrected chi connectivity index (χ1v) is 4.90. The summed E-state index contributed by atoms with van der Waals surface area (Å²) in [5.41, 5.74) is 5.25. The molecule has 1 rings (SSSR count). The lowest BCUT2D eigenvalue weighted by Gasteiger charge is -2.10. The maximum absolute atomic E-state index is 12.6. The van der Waals surface area contributed by atoms with Crippen molar-refractivity contribution < 1.29 is 13.6 Å². The number of nitrogens with two attached hydrogens (primary N) is 1. The Hall–Kier alpha value is -0.720. The minimum atomic E-state index is -2.68. The van der Waals surface area contributed by atoms with Crippen LogP contribution in [0.3, 0.4) is 0 Å². The van der Waals surface area contributed by atoms with Gasteiger partial charge in [-0.25, -0.2) is 8.78 Å². The Balaban J connectivity index is 3.50. The van der Waals surface area contributed by atoms with Crippen molar-refractivity contribution in [3.05, 3.63) is 26.8 Å². The lowest BCUT2D eigenvalue weighted by Crippen LogP contribution is -2.07. The zero-order chi connectivity index (χ0) is 10.9. The van der Waals surface area contributed by atoms with E-state index in [2.05, 4.69) is 0 Å². The number of benzene rings is 1. The van der Waals surface area contributed by atoms with Crippen LogP contribution in [0.5, 0.6) is 0 Å². The second kappa shape index (κ2) is 4.20. The Morgan fingerprint density at radius 2 is 2.07 bits per heavy atom. The van der Waals surface area contributed by atoms with Crippen molar-refractivity contribution in [2.75, 3.05) is 5.73 Å². The molecule has 0 fully saturated rings. The summed E-state index contributed by atoms with van der Waals surface area (Å²) in [7, 11) is 0. The molecule has 0 aliphatic heterocycles. The van der Waals surface area contributed by atoms with Crippen molar-refractivity contribution in [1.29, 1.82) is 0 Å². The first-order valence-electron chi connectivity index (χ1n) is 3.82. The Bertz CT molecular complexity index is 379. The number of anilines is 1. The number of Topliss-reactive ketones (excluding diaryl/α,β-unsaturated/α-hetero) is 1. The van der Waals surface area contributed by atoms with E-state index >= 15 is 0 Å². The van der Waals surface area contributed by atoms with Gasteiger partial charge >= 0.3 is 0 Å². The van der Waals surface area contributed by atoms with Crippen LogP contribution in [0.25, 0.3) is 0 Å². The third kappa shape index (κ3) is 2.02. The molecule has 0 saturated heterocycles. The molecule has 1 aromatic rings. The number of carbonyl (C=O) groups excluding carboxylic acids is 1. The molecule has 0 heterocycles. The number of nitrogen functional groups attached to an aromatic ring is 1. The number of hydrogen-bond donors (Lipinski definition) is 1.